The van der Waals surface area contributed by atoms with Crippen LogP contribution < -0.4 is 0 Å². The van der Waals surface area contributed by atoms with Gasteiger partial charge in [0.2, 0.25) is 0 Å². The van der Waals surface area contributed by atoms with E-state index in [-0.39, 0.29) is 0 Å². The van der Waals surface area contributed by atoms with E-state index in [1.165, 1.54) is 0 Å². The van der Waals surface area contributed by atoms with Gasteiger partial charge in [0.1, 0.15) is 27.9 Å². The highest BCUT2D eigenvalue weighted by Crippen LogP contribution is 2.51. The van der Waals surface area contributed by atoms with Crippen molar-refractivity contribution in [2.45, 2.75) is 0 Å². The molecule has 0 aliphatic rings. The summed E-state index contributed by atoms with van der Waals surface area (Å²) in [4.78, 5) is 0. The van der Waals surface area contributed by atoms with Crippen LogP contribution in [-0.2, 0) is 0 Å². The quantitative estimate of drug-likeness (QED) is 0.183. The average Bonchev–Trinajstić information content (AvgIpc) is 3.87. The van der Waals surface area contributed by atoms with Crippen molar-refractivity contribution in [3.05, 3.63) is 158 Å². The lowest BCUT2D eigenvalue weighted by Crippen LogP contribution is -1.92. The van der Waals surface area contributed by atoms with Gasteiger partial charge in [0.15, 0.2) is 0 Å². The van der Waals surface area contributed by atoms with Gasteiger partial charge in [-0.15, -0.1) is 0 Å². The molecule has 0 spiro atoms. The van der Waals surface area contributed by atoms with E-state index in [0.29, 0.717) is 0 Å². The number of rotatable bonds is 3. The van der Waals surface area contributed by atoms with Crippen molar-refractivity contribution in [2.24, 2.45) is 0 Å². The highest BCUT2D eigenvalue weighted by molar-refractivity contribution is 6.31. The maximum absolute atomic E-state index is 6.66. The second kappa shape index (κ2) is 9.96. The van der Waals surface area contributed by atoms with Crippen LogP contribution in [0.2, 0.25) is 0 Å². The molecule has 3 heterocycles. The molecule has 0 saturated carbocycles. The Balaban J connectivity index is 1.34. The zero-order valence-electron chi connectivity index (χ0n) is 26.2. The molecule has 0 fully saturated rings. The molecule has 3 nitrogen and oxygen atoms in total. The third-order valence-corrected chi connectivity index (χ3v) is 10.1. The first-order chi connectivity index (χ1) is 24.3. The van der Waals surface area contributed by atoms with Crippen LogP contribution in [0.1, 0.15) is 0 Å². The highest BCUT2D eigenvalue weighted by Gasteiger charge is 2.26. The Morgan fingerprint density at radius 1 is 0.327 bits per heavy atom. The predicted octanol–water partition coefficient (Wildman–Crippen LogP) is 13.5. The number of benzene rings is 8. The Kier molecular flexibility index (Phi) is 5.38. The van der Waals surface area contributed by atoms with Crippen molar-refractivity contribution >= 4 is 76.4 Å². The summed E-state index contributed by atoms with van der Waals surface area (Å²) in [6, 6.07) is 53.2. The van der Waals surface area contributed by atoms with E-state index in [2.05, 4.69) is 121 Å². The molecule has 0 aliphatic carbocycles. The van der Waals surface area contributed by atoms with Crippen molar-refractivity contribution in [1.82, 2.24) is 0 Å². The summed E-state index contributed by atoms with van der Waals surface area (Å²) in [5.41, 5.74) is 10.9. The van der Waals surface area contributed by atoms with Crippen LogP contribution >= 0.6 is 0 Å². The summed E-state index contributed by atoms with van der Waals surface area (Å²) < 4.78 is 19.9. The minimum atomic E-state index is 0.839. The zero-order chi connectivity index (χ0) is 32.1. The van der Waals surface area contributed by atoms with E-state index in [1.807, 2.05) is 36.6 Å². The predicted molar refractivity (Wildman–Crippen MR) is 202 cm³/mol. The SMILES string of the molecule is c1ccc(-c2coc3c(-c4c5ccccc5c(-c5cccc6c5oc5ccccc56)c5ccccc45)c4c(cc23)oc2ccccc24)cc1. The Morgan fingerprint density at radius 3 is 1.61 bits per heavy atom. The molecule has 49 heavy (non-hydrogen) atoms. The fourth-order valence-electron chi connectivity index (χ4n) is 8.08. The molecule has 11 rings (SSSR count). The number of hydrogen-bond acceptors (Lipinski definition) is 3. The number of furan rings is 3. The van der Waals surface area contributed by atoms with Gasteiger partial charge < -0.3 is 13.3 Å². The molecule has 0 unspecified atom stereocenters. The van der Waals surface area contributed by atoms with Crippen molar-refractivity contribution in [2.75, 3.05) is 0 Å². The fourth-order valence-corrected chi connectivity index (χ4v) is 8.08. The van der Waals surface area contributed by atoms with Crippen molar-refractivity contribution < 1.29 is 13.3 Å². The molecule has 3 aromatic heterocycles. The highest BCUT2D eigenvalue weighted by atomic mass is 16.3. The van der Waals surface area contributed by atoms with Gasteiger partial charge in [-0.2, -0.15) is 0 Å². The lowest BCUT2D eigenvalue weighted by Gasteiger charge is -2.18. The topological polar surface area (TPSA) is 39.4 Å². The molecule has 0 saturated heterocycles. The second-order valence-electron chi connectivity index (χ2n) is 12.7. The van der Waals surface area contributed by atoms with Gasteiger partial charge in [-0.3, -0.25) is 0 Å². The van der Waals surface area contributed by atoms with Crippen LogP contribution in [0.5, 0.6) is 0 Å². The number of hydrogen-bond donors (Lipinski definition) is 0. The van der Waals surface area contributed by atoms with Gasteiger partial charge in [0.25, 0.3) is 0 Å². The van der Waals surface area contributed by atoms with Gasteiger partial charge in [0, 0.05) is 54.7 Å². The van der Waals surface area contributed by atoms with Crippen molar-refractivity contribution in [3.8, 4) is 33.4 Å². The molecule has 0 N–H and O–H groups in total. The van der Waals surface area contributed by atoms with Gasteiger partial charge in [0.05, 0.1) is 6.26 Å². The Bertz CT molecular complexity index is 3040. The molecular weight excluding hydrogens is 601 g/mol. The van der Waals surface area contributed by atoms with Crippen LogP contribution in [0.4, 0.5) is 0 Å². The minimum absolute atomic E-state index is 0.839. The van der Waals surface area contributed by atoms with Gasteiger partial charge in [-0.05, 0) is 45.3 Å². The first-order valence-corrected chi connectivity index (χ1v) is 16.6. The van der Waals surface area contributed by atoms with Crippen LogP contribution in [0.3, 0.4) is 0 Å². The van der Waals surface area contributed by atoms with E-state index in [1.54, 1.807) is 0 Å². The van der Waals surface area contributed by atoms with Crippen molar-refractivity contribution in [3.63, 3.8) is 0 Å². The lowest BCUT2D eigenvalue weighted by molar-refractivity contribution is 0.618. The summed E-state index contributed by atoms with van der Waals surface area (Å²) in [7, 11) is 0. The molecule has 0 atom stereocenters. The minimum Gasteiger partial charge on any atom is -0.463 e. The number of para-hydroxylation sites is 3. The summed E-state index contributed by atoms with van der Waals surface area (Å²) in [6.45, 7) is 0. The zero-order valence-corrected chi connectivity index (χ0v) is 26.2. The Hall–Kier alpha value is -6.58. The summed E-state index contributed by atoms with van der Waals surface area (Å²) in [5.74, 6) is 0. The Morgan fingerprint density at radius 2 is 0.898 bits per heavy atom. The summed E-state index contributed by atoms with van der Waals surface area (Å²) in [6.07, 6.45) is 1.89. The smallest absolute Gasteiger partial charge is 0.143 e. The summed E-state index contributed by atoms with van der Waals surface area (Å²) >= 11 is 0. The van der Waals surface area contributed by atoms with Gasteiger partial charge in [-0.1, -0.05) is 133 Å². The standard InChI is InChI=1S/C46H26O3/c1-2-13-27(14-3-1)37-26-47-46-36(37)25-40-43(34-20-9-11-24-39(34)48-40)44(46)42-31-18-6-4-16-29(31)41(30-17-5-7-19-32(30)42)35-22-12-21-33-28-15-8-10-23-38(28)49-45(33)35/h1-26H. The fraction of sp³-hybridized carbons (Fsp3) is 0. The lowest BCUT2D eigenvalue weighted by atomic mass is 9.84. The third kappa shape index (κ3) is 3.67. The second-order valence-corrected chi connectivity index (χ2v) is 12.7. The van der Waals surface area contributed by atoms with E-state index >= 15 is 0 Å². The maximum atomic E-state index is 6.66. The van der Waals surface area contributed by atoms with Crippen molar-refractivity contribution in [1.29, 1.82) is 0 Å². The summed E-state index contributed by atoms with van der Waals surface area (Å²) in [5, 5.41) is 9.96. The van der Waals surface area contributed by atoms with Crippen LogP contribution in [0, 0.1) is 0 Å². The average molecular weight is 627 g/mol. The molecule has 0 bridgehead atoms. The first-order valence-electron chi connectivity index (χ1n) is 16.6. The van der Waals surface area contributed by atoms with E-state index in [9.17, 15) is 0 Å². The molecular formula is C46H26O3. The van der Waals surface area contributed by atoms with E-state index < -0.39 is 0 Å². The van der Waals surface area contributed by atoms with Crippen LogP contribution in [0.25, 0.3) is 110 Å². The molecule has 3 heteroatoms. The maximum Gasteiger partial charge on any atom is 0.143 e. The first kappa shape index (κ1) is 26.5. The molecule has 11 aromatic rings. The molecule has 0 aliphatic heterocycles. The molecule has 0 radical (unpaired) electrons. The molecule has 228 valence electrons. The van der Waals surface area contributed by atoms with E-state index in [4.69, 9.17) is 13.3 Å². The molecule has 0 amide bonds. The Labute approximate surface area is 280 Å². The normalized spacial score (nSPS) is 12.1. The monoisotopic (exact) mass is 626 g/mol. The molecule has 8 aromatic carbocycles. The third-order valence-electron chi connectivity index (χ3n) is 10.1. The van der Waals surface area contributed by atoms with Gasteiger partial charge >= 0.3 is 0 Å². The number of fused-ring (bicyclic) bond motifs is 9. The van der Waals surface area contributed by atoms with Crippen LogP contribution in [0.15, 0.2) is 171 Å². The largest absolute Gasteiger partial charge is 0.463 e. The van der Waals surface area contributed by atoms with Crippen LogP contribution in [-0.4, -0.2) is 0 Å². The van der Waals surface area contributed by atoms with E-state index in [0.717, 1.165) is 110 Å². The van der Waals surface area contributed by atoms with Gasteiger partial charge in [-0.25, -0.2) is 0 Å².